The second-order valence-electron chi connectivity index (χ2n) is 4.84. The average Bonchev–Trinajstić information content (AvgIpc) is 2.34. The SMILES string of the molecule is Cc1cnc(C(NN)C2CCCOC2)c(C)c1. The zero-order valence-corrected chi connectivity index (χ0v) is 10.6. The van der Waals surface area contributed by atoms with Crippen molar-refractivity contribution < 1.29 is 4.74 Å². The van der Waals surface area contributed by atoms with E-state index in [-0.39, 0.29) is 6.04 Å². The molecular formula is C13H21N3O. The quantitative estimate of drug-likeness (QED) is 0.617. The highest BCUT2D eigenvalue weighted by Crippen LogP contribution is 2.28. The van der Waals surface area contributed by atoms with E-state index in [1.54, 1.807) is 0 Å². The Hall–Kier alpha value is -0.970. The molecule has 17 heavy (non-hydrogen) atoms. The highest BCUT2D eigenvalue weighted by molar-refractivity contribution is 5.26. The molecule has 1 fully saturated rings. The van der Waals surface area contributed by atoms with Gasteiger partial charge in [-0.05, 0) is 37.8 Å². The van der Waals surface area contributed by atoms with Gasteiger partial charge >= 0.3 is 0 Å². The zero-order chi connectivity index (χ0) is 12.3. The lowest BCUT2D eigenvalue weighted by Crippen LogP contribution is -2.38. The zero-order valence-electron chi connectivity index (χ0n) is 10.6. The average molecular weight is 235 g/mol. The monoisotopic (exact) mass is 235 g/mol. The second kappa shape index (κ2) is 5.58. The van der Waals surface area contributed by atoms with Gasteiger partial charge in [0, 0.05) is 18.7 Å². The molecule has 0 amide bonds. The van der Waals surface area contributed by atoms with E-state index in [1.807, 2.05) is 6.20 Å². The molecular weight excluding hydrogens is 214 g/mol. The van der Waals surface area contributed by atoms with Crippen LogP contribution in [0, 0.1) is 19.8 Å². The van der Waals surface area contributed by atoms with Gasteiger partial charge in [-0.2, -0.15) is 0 Å². The number of hydrogen-bond acceptors (Lipinski definition) is 4. The van der Waals surface area contributed by atoms with Crippen LogP contribution >= 0.6 is 0 Å². The topological polar surface area (TPSA) is 60.2 Å². The maximum absolute atomic E-state index is 5.70. The first kappa shape index (κ1) is 12.5. The summed E-state index contributed by atoms with van der Waals surface area (Å²) in [5.74, 6) is 6.12. The summed E-state index contributed by atoms with van der Waals surface area (Å²) in [6.45, 7) is 5.78. The van der Waals surface area contributed by atoms with Crippen LogP contribution in [0.4, 0.5) is 0 Å². The van der Waals surface area contributed by atoms with Crippen molar-refractivity contribution >= 4 is 0 Å². The minimum atomic E-state index is 0.0934. The van der Waals surface area contributed by atoms with E-state index in [0.29, 0.717) is 5.92 Å². The Morgan fingerprint density at radius 2 is 2.35 bits per heavy atom. The fourth-order valence-electron chi connectivity index (χ4n) is 2.52. The normalized spacial score (nSPS) is 22.4. The smallest absolute Gasteiger partial charge is 0.0684 e. The molecule has 94 valence electrons. The van der Waals surface area contributed by atoms with E-state index < -0.39 is 0 Å². The minimum absolute atomic E-state index is 0.0934. The van der Waals surface area contributed by atoms with Gasteiger partial charge in [-0.3, -0.25) is 16.3 Å². The van der Waals surface area contributed by atoms with Gasteiger partial charge < -0.3 is 4.74 Å². The predicted octanol–water partition coefficient (Wildman–Crippen LogP) is 1.63. The number of hydrogen-bond donors (Lipinski definition) is 2. The molecule has 2 unspecified atom stereocenters. The fourth-order valence-corrected chi connectivity index (χ4v) is 2.52. The molecule has 0 aromatic carbocycles. The summed E-state index contributed by atoms with van der Waals surface area (Å²) in [7, 11) is 0. The Morgan fingerprint density at radius 3 is 2.94 bits per heavy atom. The van der Waals surface area contributed by atoms with Crippen LogP contribution in [0.3, 0.4) is 0 Å². The predicted molar refractivity (Wildman–Crippen MR) is 67.3 cm³/mol. The van der Waals surface area contributed by atoms with Crippen LogP contribution in [0.1, 0.15) is 35.7 Å². The van der Waals surface area contributed by atoms with Crippen LogP contribution in [0.2, 0.25) is 0 Å². The molecule has 1 aromatic rings. The van der Waals surface area contributed by atoms with E-state index in [9.17, 15) is 0 Å². The molecule has 0 radical (unpaired) electrons. The summed E-state index contributed by atoms with van der Waals surface area (Å²) in [6.07, 6.45) is 4.15. The molecule has 1 saturated heterocycles. The number of rotatable bonds is 3. The van der Waals surface area contributed by atoms with Gasteiger partial charge in [0.1, 0.15) is 0 Å². The van der Waals surface area contributed by atoms with Crippen molar-refractivity contribution in [2.45, 2.75) is 32.7 Å². The van der Waals surface area contributed by atoms with E-state index in [0.717, 1.165) is 31.7 Å². The van der Waals surface area contributed by atoms with Gasteiger partial charge in [0.25, 0.3) is 0 Å². The lowest BCUT2D eigenvalue weighted by molar-refractivity contribution is 0.0382. The lowest BCUT2D eigenvalue weighted by Gasteiger charge is -2.30. The first-order chi connectivity index (χ1) is 8.22. The first-order valence-electron chi connectivity index (χ1n) is 6.19. The molecule has 0 spiro atoms. The molecule has 3 N–H and O–H groups in total. The van der Waals surface area contributed by atoms with Crippen molar-refractivity contribution in [2.24, 2.45) is 11.8 Å². The Morgan fingerprint density at radius 1 is 1.53 bits per heavy atom. The highest BCUT2D eigenvalue weighted by Gasteiger charge is 2.26. The molecule has 1 aliphatic heterocycles. The van der Waals surface area contributed by atoms with Crippen molar-refractivity contribution in [3.63, 3.8) is 0 Å². The van der Waals surface area contributed by atoms with Crippen LogP contribution < -0.4 is 11.3 Å². The third-order valence-corrected chi connectivity index (χ3v) is 3.40. The number of nitrogens with two attached hydrogens (primary N) is 1. The van der Waals surface area contributed by atoms with Gasteiger partial charge in [0.15, 0.2) is 0 Å². The summed E-state index contributed by atoms with van der Waals surface area (Å²) in [5.41, 5.74) is 6.33. The largest absolute Gasteiger partial charge is 0.381 e. The lowest BCUT2D eigenvalue weighted by atomic mass is 9.90. The molecule has 2 rings (SSSR count). The number of pyridine rings is 1. The van der Waals surface area contributed by atoms with E-state index in [4.69, 9.17) is 10.6 Å². The number of ether oxygens (including phenoxy) is 1. The fraction of sp³-hybridized carbons (Fsp3) is 0.615. The molecule has 0 bridgehead atoms. The molecule has 0 saturated carbocycles. The van der Waals surface area contributed by atoms with Crippen LogP contribution in [0.15, 0.2) is 12.3 Å². The molecule has 4 heteroatoms. The van der Waals surface area contributed by atoms with Gasteiger partial charge in [-0.25, -0.2) is 0 Å². The van der Waals surface area contributed by atoms with Crippen LogP contribution in [-0.2, 0) is 4.74 Å². The molecule has 4 nitrogen and oxygen atoms in total. The molecule has 1 aliphatic rings. The summed E-state index contributed by atoms with van der Waals surface area (Å²) < 4.78 is 5.53. The summed E-state index contributed by atoms with van der Waals surface area (Å²) in [6, 6.07) is 2.24. The van der Waals surface area contributed by atoms with Crippen molar-refractivity contribution in [1.29, 1.82) is 0 Å². The summed E-state index contributed by atoms with van der Waals surface area (Å²) in [4.78, 5) is 4.53. The van der Waals surface area contributed by atoms with E-state index >= 15 is 0 Å². The van der Waals surface area contributed by atoms with Crippen LogP contribution in [0.5, 0.6) is 0 Å². The van der Waals surface area contributed by atoms with Gasteiger partial charge in [-0.1, -0.05) is 6.07 Å². The van der Waals surface area contributed by atoms with Crippen molar-refractivity contribution in [2.75, 3.05) is 13.2 Å². The number of nitrogens with one attached hydrogen (secondary N) is 1. The van der Waals surface area contributed by atoms with Gasteiger partial charge in [0.05, 0.1) is 18.3 Å². The third-order valence-electron chi connectivity index (χ3n) is 3.40. The molecule has 1 aromatic heterocycles. The number of aromatic nitrogens is 1. The molecule has 2 atom stereocenters. The molecule has 0 aliphatic carbocycles. The van der Waals surface area contributed by atoms with Gasteiger partial charge in [-0.15, -0.1) is 0 Å². The standard InChI is InChI=1S/C13H21N3O/c1-9-6-10(2)12(15-7-9)13(16-14)11-4-3-5-17-8-11/h6-7,11,13,16H,3-5,8,14H2,1-2H3. The van der Waals surface area contributed by atoms with Gasteiger partial charge in [0.2, 0.25) is 0 Å². The van der Waals surface area contributed by atoms with Crippen molar-refractivity contribution in [3.8, 4) is 0 Å². The summed E-state index contributed by atoms with van der Waals surface area (Å²) in [5, 5.41) is 0. The van der Waals surface area contributed by atoms with Crippen molar-refractivity contribution in [1.82, 2.24) is 10.4 Å². The number of nitrogens with zero attached hydrogens (tertiary/aromatic N) is 1. The van der Waals surface area contributed by atoms with Crippen molar-refractivity contribution in [3.05, 3.63) is 29.1 Å². The maximum Gasteiger partial charge on any atom is 0.0684 e. The Labute approximate surface area is 103 Å². The van der Waals surface area contributed by atoms with E-state index in [1.165, 1.54) is 11.1 Å². The highest BCUT2D eigenvalue weighted by atomic mass is 16.5. The number of hydrazine groups is 1. The Bertz CT molecular complexity index is 375. The van der Waals surface area contributed by atoms with E-state index in [2.05, 4.69) is 30.3 Å². The van der Waals surface area contributed by atoms with Crippen LogP contribution in [0.25, 0.3) is 0 Å². The van der Waals surface area contributed by atoms with Crippen LogP contribution in [-0.4, -0.2) is 18.2 Å². The summed E-state index contributed by atoms with van der Waals surface area (Å²) >= 11 is 0. The third kappa shape index (κ3) is 2.83. The Kier molecular flexibility index (Phi) is 4.10. The minimum Gasteiger partial charge on any atom is -0.381 e. The maximum atomic E-state index is 5.70. The Balaban J connectivity index is 2.21. The molecule has 2 heterocycles. The first-order valence-corrected chi connectivity index (χ1v) is 6.19. The second-order valence-corrected chi connectivity index (χ2v) is 4.84. The number of aryl methyl sites for hydroxylation is 2.